The second-order valence-corrected chi connectivity index (χ2v) is 6.63. The highest BCUT2D eigenvalue weighted by Crippen LogP contribution is 2.35. The summed E-state index contributed by atoms with van der Waals surface area (Å²) in [4.78, 5) is 0. The van der Waals surface area contributed by atoms with Gasteiger partial charge in [0.05, 0.1) is 18.7 Å². The fourth-order valence-corrected chi connectivity index (χ4v) is 4.14. The summed E-state index contributed by atoms with van der Waals surface area (Å²) in [6.45, 7) is 2.35. The molecule has 0 aliphatic heterocycles. The first-order valence-corrected chi connectivity index (χ1v) is 7.96. The van der Waals surface area contributed by atoms with Gasteiger partial charge in [-0.3, -0.25) is 0 Å². The third-order valence-corrected chi connectivity index (χ3v) is 5.15. The third kappa shape index (κ3) is 3.91. The zero-order chi connectivity index (χ0) is 13.7. The number of methoxy groups -OCH3 is 1. The molecule has 0 radical (unpaired) electrons. The second-order valence-electron chi connectivity index (χ2n) is 5.34. The molecule has 2 atom stereocenters. The molecular formula is C16H21NOS. The van der Waals surface area contributed by atoms with E-state index in [2.05, 4.69) is 13.0 Å². The Labute approximate surface area is 120 Å². The van der Waals surface area contributed by atoms with E-state index in [1.165, 1.54) is 25.7 Å². The first-order valence-electron chi connectivity index (χ1n) is 6.91. The average Bonchev–Trinajstić information content (AvgIpc) is 2.45. The highest BCUT2D eigenvalue weighted by atomic mass is 32.2. The van der Waals surface area contributed by atoms with Gasteiger partial charge in [0.1, 0.15) is 5.75 Å². The maximum Gasteiger partial charge on any atom is 0.122 e. The zero-order valence-corrected chi connectivity index (χ0v) is 12.5. The van der Waals surface area contributed by atoms with Crippen LogP contribution in [-0.2, 0) is 5.75 Å². The molecule has 2 rings (SSSR count). The van der Waals surface area contributed by atoms with Crippen LogP contribution in [0.2, 0.25) is 0 Å². The summed E-state index contributed by atoms with van der Waals surface area (Å²) in [5, 5.41) is 9.74. The molecule has 1 aromatic rings. The van der Waals surface area contributed by atoms with Crippen LogP contribution >= 0.6 is 11.8 Å². The van der Waals surface area contributed by atoms with Crippen molar-refractivity contribution in [3.63, 3.8) is 0 Å². The van der Waals surface area contributed by atoms with Gasteiger partial charge in [-0.2, -0.15) is 17.0 Å². The molecule has 1 aromatic carbocycles. The normalized spacial score (nSPS) is 22.8. The largest absolute Gasteiger partial charge is 0.496 e. The highest BCUT2D eigenvalue weighted by molar-refractivity contribution is 7.99. The van der Waals surface area contributed by atoms with Crippen LogP contribution in [0, 0.1) is 17.2 Å². The van der Waals surface area contributed by atoms with Crippen LogP contribution in [0.5, 0.6) is 5.75 Å². The Morgan fingerprint density at radius 2 is 2.26 bits per heavy atom. The molecule has 0 bridgehead atoms. The van der Waals surface area contributed by atoms with E-state index >= 15 is 0 Å². The fourth-order valence-electron chi connectivity index (χ4n) is 2.70. The number of hydrogen-bond acceptors (Lipinski definition) is 3. The lowest BCUT2D eigenvalue weighted by molar-refractivity contribution is 0.394. The Balaban J connectivity index is 2.00. The molecule has 102 valence electrons. The molecule has 0 amide bonds. The minimum Gasteiger partial charge on any atom is -0.496 e. The number of thioether (sulfide) groups is 1. The molecule has 19 heavy (non-hydrogen) atoms. The SMILES string of the molecule is COc1ccc(C#N)cc1CSC1CCCC(C)C1. The monoisotopic (exact) mass is 275 g/mol. The molecule has 0 saturated heterocycles. The molecule has 3 heteroatoms. The van der Waals surface area contributed by atoms with Crippen molar-refractivity contribution >= 4 is 11.8 Å². The number of nitrogens with zero attached hydrogens (tertiary/aromatic N) is 1. The van der Waals surface area contributed by atoms with Crippen molar-refractivity contribution in [1.82, 2.24) is 0 Å². The predicted octanol–water partition coefficient (Wildman–Crippen LogP) is 4.38. The van der Waals surface area contributed by atoms with Crippen LogP contribution < -0.4 is 4.74 Å². The maximum absolute atomic E-state index is 8.98. The quantitative estimate of drug-likeness (QED) is 0.817. The van der Waals surface area contributed by atoms with Gasteiger partial charge in [0.2, 0.25) is 0 Å². The number of benzene rings is 1. The Hall–Kier alpha value is -1.14. The van der Waals surface area contributed by atoms with Gasteiger partial charge in [0, 0.05) is 16.6 Å². The van der Waals surface area contributed by atoms with E-state index in [4.69, 9.17) is 10.00 Å². The van der Waals surface area contributed by atoms with Crippen molar-refractivity contribution < 1.29 is 4.74 Å². The van der Waals surface area contributed by atoms with E-state index in [1.54, 1.807) is 7.11 Å². The summed E-state index contributed by atoms with van der Waals surface area (Å²) in [5.74, 6) is 2.70. The topological polar surface area (TPSA) is 33.0 Å². The Morgan fingerprint density at radius 1 is 1.42 bits per heavy atom. The third-order valence-electron chi connectivity index (χ3n) is 3.77. The van der Waals surface area contributed by atoms with Crippen molar-refractivity contribution in [1.29, 1.82) is 5.26 Å². The van der Waals surface area contributed by atoms with Gasteiger partial charge in [0.25, 0.3) is 0 Å². The molecule has 0 spiro atoms. The van der Waals surface area contributed by atoms with Crippen molar-refractivity contribution in [2.75, 3.05) is 7.11 Å². The van der Waals surface area contributed by atoms with E-state index in [-0.39, 0.29) is 0 Å². The summed E-state index contributed by atoms with van der Waals surface area (Å²) in [6, 6.07) is 7.87. The molecule has 0 N–H and O–H groups in total. The van der Waals surface area contributed by atoms with Crippen LogP contribution in [0.3, 0.4) is 0 Å². The Bertz CT molecular complexity index is 466. The number of ether oxygens (including phenoxy) is 1. The van der Waals surface area contributed by atoms with Gasteiger partial charge >= 0.3 is 0 Å². The van der Waals surface area contributed by atoms with Crippen molar-refractivity contribution in [2.24, 2.45) is 5.92 Å². The maximum atomic E-state index is 8.98. The van der Waals surface area contributed by atoms with Crippen LogP contribution in [-0.4, -0.2) is 12.4 Å². The molecule has 0 aromatic heterocycles. The van der Waals surface area contributed by atoms with Crippen LogP contribution in [0.25, 0.3) is 0 Å². The molecule has 1 saturated carbocycles. The molecule has 2 nitrogen and oxygen atoms in total. The van der Waals surface area contributed by atoms with E-state index in [0.29, 0.717) is 5.56 Å². The summed E-state index contributed by atoms with van der Waals surface area (Å²) >= 11 is 2.01. The van der Waals surface area contributed by atoms with E-state index in [0.717, 1.165) is 28.2 Å². The predicted molar refractivity (Wildman–Crippen MR) is 80.4 cm³/mol. The summed E-state index contributed by atoms with van der Waals surface area (Å²) in [7, 11) is 1.69. The van der Waals surface area contributed by atoms with Crippen LogP contribution in [0.1, 0.15) is 43.7 Å². The van der Waals surface area contributed by atoms with Gasteiger partial charge in [-0.05, 0) is 37.0 Å². The minimum atomic E-state index is 0.716. The summed E-state index contributed by atoms with van der Waals surface area (Å²) < 4.78 is 5.38. The molecule has 0 heterocycles. The lowest BCUT2D eigenvalue weighted by atomic mass is 9.91. The van der Waals surface area contributed by atoms with E-state index in [1.807, 2.05) is 30.0 Å². The van der Waals surface area contributed by atoms with Crippen LogP contribution in [0.15, 0.2) is 18.2 Å². The minimum absolute atomic E-state index is 0.716. The second kappa shape index (κ2) is 6.86. The number of hydrogen-bond donors (Lipinski definition) is 0. The van der Waals surface area contributed by atoms with E-state index in [9.17, 15) is 0 Å². The molecular weight excluding hydrogens is 254 g/mol. The van der Waals surface area contributed by atoms with Gasteiger partial charge in [-0.1, -0.05) is 19.8 Å². The molecule has 1 aliphatic carbocycles. The lowest BCUT2D eigenvalue weighted by Gasteiger charge is -2.26. The first-order chi connectivity index (χ1) is 9.22. The molecule has 1 fully saturated rings. The highest BCUT2D eigenvalue weighted by Gasteiger charge is 2.19. The van der Waals surface area contributed by atoms with Gasteiger partial charge in [-0.15, -0.1) is 0 Å². The van der Waals surface area contributed by atoms with Gasteiger partial charge in [-0.25, -0.2) is 0 Å². The summed E-state index contributed by atoms with van der Waals surface area (Å²) in [6.07, 6.45) is 5.39. The van der Waals surface area contributed by atoms with Crippen molar-refractivity contribution in [3.05, 3.63) is 29.3 Å². The molecule has 1 aliphatic rings. The Morgan fingerprint density at radius 3 is 2.95 bits per heavy atom. The first kappa shape index (κ1) is 14.3. The standard InChI is InChI=1S/C16H21NOS/c1-12-4-3-5-15(8-12)19-11-14-9-13(10-17)6-7-16(14)18-2/h6-7,9,12,15H,3-5,8,11H2,1-2H3. The Kier molecular flexibility index (Phi) is 5.15. The number of rotatable bonds is 4. The summed E-state index contributed by atoms with van der Waals surface area (Å²) in [5.41, 5.74) is 1.86. The smallest absolute Gasteiger partial charge is 0.122 e. The van der Waals surface area contributed by atoms with Gasteiger partial charge < -0.3 is 4.74 Å². The number of nitriles is 1. The van der Waals surface area contributed by atoms with Gasteiger partial charge in [0.15, 0.2) is 0 Å². The average molecular weight is 275 g/mol. The zero-order valence-electron chi connectivity index (χ0n) is 11.7. The van der Waals surface area contributed by atoms with Crippen molar-refractivity contribution in [2.45, 2.75) is 43.6 Å². The van der Waals surface area contributed by atoms with E-state index < -0.39 is 0 Å². The van der Waals surface area contributed by atoms with Crippen molar-refractivity contribution in [3.8, 4) is 11.8 Å². The lowest BCUT2D eigenvalue weighted by Crippen LogP contribution is -2.15. The fraction of sp³-hybridized carbons (Fsp3) is 0.562. The van der Waals surface area contributed by atoms with Crippen LogP contribution in [0.4, 0.5) is 0 Å². The molecule has 2 unspecified atom stereocenters.